The summed E-state index contributed by atoms with van der Waals surface area (Å²) in [5.74, 6) is 0.823. The molecule has 1 atom stereocenters. The average Bonchev–Trinajstić information content (AvgIpc) is 2.75. The highest BCUT2D eigenvalue weighted by atomic mass is 16.5. The minimum Gasteiger partial charge on any atom is -0.493 e. The SMILES string of the molecule is COc1cnn(C2CCCN2)c1. The number of aromatic nitrogens is 2. The van der Waals surface area contributed by atoms with Gasteiger partial charge < -0.3 is 4.74 Å². The van der Waals surface area contributed by atoms with E-state index in [0.29, 0.717) is 6.17 Å². The lowest BCUT2D eigenvalue weighted by Crippen LogP contribution is -2.19. The Morgan fingerprint density at radius 2 is 2.67 bits per heavy atom. The van der Waals surface area contributed by atoms with Crippen LogP contribution in [0.4, 0.5) is 0 Å². The van der Waals surface area contributed by atoms with Crippen LogP contribution in [0.25, 0.3) is 0 Å². The molecule has 0 saturated carbocycles. The van der Waals surface area contributed by atoms with Crippen molar-refractivity contribution >= 4 is 0 Å². The Morgan fingerprint density at radius 1 is 1.75 bits per heavy atom. The first kappa shape index (κ1) is 7.61. The third-order valence-corrected chi connectivity index (χ3v) is 2.17. The normalized spacial score (nSPS) is 22.9. The van der Waals surface area contributed by atoms with Gasteiger partial charge in [0.2, 0.25) is 0 Å². The third kappa shape index (κ3) is 1.30. The van der Waals surface area contributed by atoms with Gasteiger partial charge in [-0.2, -0.15) is 5.10 Å². The van der Waals surface area contributed by atoms with Gasteiger partial charge >= 0.3 is 0 Å². The molecule has 4 heteroatoms. The monoisotopic (exact) mass is 167 g/mol. The molecule has 66 valence electrons. The number of hydrogen-bond donors (Lipinski definition) is 1. The second-order valence-electron chi connectivity index (χ2n) is 2.97. The number of nitrogens with one attached hydrogen (secondary N) is 1. The van der Waals surface area contributed by atoms with Crippen LogP contribution < -0.4 is 10.1 Å². The van der Waals surface area contributed by atoms with E-state index in [-0.39, 0.29) is 0 Å². The van der Waals surface area contributed by atoms with Crippen molar-refractivity contribution in [1.82, 2.24) is 15.1 Å². The fourth-order valence-corrected chi connectivity index (χ4v) is 1.49. The minimum atomic E-state index is 0.369. The van der Waals surface area contributed by atoms with Crippen molar-refractivity contribution in [2.45, 2.75) is 19.0 Å². The molecular formula is C8H13N3O. The lowest BCUT2D eigenvalue weighted by atomic mass is 10.3. The highest BCUT2D eigenvalue weighted by Gasteiger charge is 2.16. The van der Waals surface area contributed by atoms with Crippen molar-refractivity contribution in [2.24, 2.45) is 0 Å². The maximum Gasteiger partial charge on any atom is 0.156 e. The Balaban J connectivity index is 2.11. The first-order valence-corrected chi connectivity index (χ1v) is 4.21. The van der Waals surface area contributed by atoms with E-state index < -0.39 is 0 Å². The zero-order chi connectivity index (χ0) is 8.39. The van der Waals surface area contributed by atoms with Crippen molar-refractivity contribution in [3.05, 3.63) is 12.4 Å². The van der Waals surface area contributed by atoms with Gasteiger partial charge in [0.05, 0.1) is 19.5 Å². The summed E-state index contributed by atoms with van der Waals surface area (Å²) >= 11 is 0. The average molecular weight is 167 g/mol. The van der Waals surface area contributed by atoms with Crippen LogP contribution in [0.15, 0.2) is 12.4 Å². The molecule has 1 fully saturated rings. The summed E-state index contributed by atoms with van der Waals surface area (Å²) in [5, 5.41) is 7.55. The van der Waals surface area contributed by atoms with Crippen molar-refractivity contribution < 1.29 is 4.74 Å². The highest BCUT2D eigenvalue weighted by molar-refractivity contribution is 5.11. The Bertz CT molecular complexity index is 253. The van der Waals surface area contributed by atoms with Crippen LogP contribution in [0.1, 0.15) is 19.0 Å². The predicted molar refractivity (Wildman–Crippen MR) is 45.1 cm³/mol. The van der Waals surface area contributed by atoms with Crippen LogP contribution in [-0.2, 0) is 0 Å². The van der Waals surface area contributed by atoms with E-state index in [1.165, 1.54) is 6.42 Å². The van der Waals surface area contributed by atoms with Gasteiger partial charge in [0.15, 0.2) is 5.75 Å². The van der Waals surface area contributed by atoms with Gasteiger partial charge in [-0.15, -0.1) is 0 Å². The molecule has 1 aliphatic heterocycles. The van der Waals surface area contributed by atoms with Gasteiger partial charge in [0.1, 0.15) is 6.17 Å². The van der Waals surface area contributed by atoms with Crippen LogP contribution in [0, 0.1) is 0 Å². The van der Waals surface area contributed by atoms with Gasteiger partial charge in [-0.1, -0.05) is 0 Å². The van der Waals surface area contributed by atoms with Crippen LogP contribution in [-0.4, -0.2) is 23.4 Å². The standard InChI is InChI=1S/C8H13N3O/c1-12-7-5-10-11(6-7)8-3-2-4-9-8/h5-6,8-9H,2-4H2,1H3. The molecule has 12 heavy (non-hydrogen) atoms. The summed E-state index contributed by atoms with van der Waals surface area (Å²) in [7, 11) is 1.66. The van der Waals surface area contributed by atoms with Gasteiger partial charge in [-0.3, -0.25) is 10.00 Å². The van der Waals surface area contributed by atoms with Gasteiger partial charge in [0.25, 0.3) is 0 Å². The summed E-state index contributed by atoms with van der Waals surface area (Å²) in [6, 6.07) is 0. The molecule has 1 aromatic heterocycles. The first-order valence-electron chi connectivity index (χ1n) is 4.21. The fraction of sp³-hybridized carbons (Fsp3) is 0.625. The summed E-state index contributed by atoms with van der Waals surface area (Å²) in [4.78, 5) is 0. The number of hydrogen-bond acceptors (Lipinski definition) is 3. The van der Waals surface area contributed by atoms with E-state index in [1.54, 1.807) is 13.3 Å². The molecular weight excluding hydrogens is 154 g/mol. The maximum absolute atomic E-state index is 5.04. The second-order valence-corrected chi connectivity index (χ2v) is 2.97. The summed E-state index contributed by atoms with van der Waals surface area (Å²) in [5.41, 5.74) is 0. The van der Waals surface area contributed by atoms with E-state index in [9.17, 15) is 0 Å². The molecule has 2 heterocycles. The van der Waals surface area contributed by atoms with E-state index in [0.717, 1.165) is 18.7 Å². The highest BCUT2D eigenvalue weighted by Crippen LogP contribution is 2.18. The molecule has 0 bridgehead atoms. The van der Waals surface area contributed by atoms with Crippen LogP contribution in [0.3, 0.4) is 0 Å². The Labute approximate surface area is 71.5 Å². The predicted octanol–water partition coefficient (Wildman–Crippen LogP) is 0.774. The van der Waals surface area contributed by atoms with Crippen LogP contribution >= 0.6 is 0 Å². The van der Waals surface area contributed by atoms with Crippen LogP contribution in [0.5, 0.6) is 5.75 Å². The molecule has 1 unspecified atom stereocenters. The van der Waals surface area contributed by atoms with E-state index >= 15 is 0 Å². The molecule has 0 radical (unpaired) electrons. The number of nitrogens with zero attached hydrogens (tertiary/aromatic N) is 2. The summed E-state index contributed by atoms with van der Waals surface area (Å²) in [6.45, 7) is 1.09. The topological polar surface area (TPSA) is 39.1 Å². The van der Waals surface area contributed by atoms with Gasteiger partial charge in [-0.25, -0.2) is 0 Å². The first-order chi connectivity index (χ1) is 5.90. The van der Waals surface area contributed by atoms with E-state index in [2.05, 4.69) is 10.4 Å². The Hall–Kier alpha value is -1.03. The molecule has 1 saturated heterocycles. The number of ether oxygens (including phenoxy) is 1. The van der Waals surface area contributed by atoms with E-state index in [1.807, 2.05) is 10.9 Å². The molecule has 1 N–H and O–H groups in total. The van der Waals surface area contributed by atoms with Crippen molar-refractivity contribution in [2.75, 3.05) is 13.7 Å². The summed E-state index contributed by atoms with van der Waals surface area (Å²) < 4.78 is 6.97. The lowest BCUT2D eigenvalue weighted by Gasteiger charge is -2.09. The zero-order valence-corrected chi connectivity index (χ0v) is 7.16. The summed E-state index contributed by atoms with van der Waals surface area (Å²) in [6.07, 6.45) is 6.41. The zero-order valence-electron chi connectivity index (χ0n) is 7.16. The quantitative estimate of drug-likeness (QED) is 0.707. The molecule has 2 rings (SSSR count). The molecule has 4 nitrogen and oxygen atoms in total. The van der Waals surface area contributed by atoms with E-state index in [4.69, 9.17) is 4.74 Å². The molecule has 0 amide bonds. The third-order valence-electron chi connectivity index (χ3n) is 2.17. The van der Waals surface area contributed by atoms with Crippen LogP contribution in [0.2, 0.25) is 0 Å². The Kier molecular flexibility index (Phi) is 1.99. The van der Waals surface area contributed by atoms with Gasteiger partial charge in [0, 0.05) is 0 Å². The lowest BCUT2D eigenvalue weighted by molar-refractivity contribution is 0.403. The molecule has 0 spiro atoms. The second kappa shape index (κ2) is 3.15. The molecule has 1 aromatic rings. The molecule has 0 aliphatic carbocycles. The largest absolute Gasteiger partial charge is 0.493 e. The fourth-order valence-electron chi connectivity index (χ4n) is 1.49. The Morgan fingerprint density at radius 3 is 3.25 bits per heavy atom. The maximum atomic E-state index is 5.04. The molecule has 0 aromatic carbocycles. The minimum absolute atomic E-state index is 0.369. The number of methoxy groups -OCH3 is 1. The smallest absolute Gasteiger partial charge is 0.156 e. The number of rotatable bonds is 2. The van der Waals surface area contributed by atoms with Gasteiger partial charge in [-0.05, 0) is 19.4 Å². The van der Waals surface area contributed by atoms with Crippen molar-refractivity contribution in [3.8, 4) is 5.75 Å². The molecule has 1 aliphatic rings. The van der Waals surface area contributed by atoms with Crippen molar-refractivity contribution in [1.29, 1.82) is 0 Å². The van der Waals surface area contributed by atoms with Crippen molar-refractivity contribution in [3.63, 3.8) is 0 Å².